The predicted molar refractivity (Wildman–Crippen MR) is 110 cm³/mol. The third-order valence-corrected chi connectivity index (χ3v) is 9.31. The number of sulfone groups is 1. The maximum absolute atomic E-state index is 12.1. The Morgan fingerprint density at radius 3 is 2.58 bits per heavy atom. The quantitative estimate of drug-likeness (QED) is 0.261. The van der Waals surface area contributed by atoms with Crippen LogP contribution in [0.15, 0.2) is 12.3 Å². The maximum Gasteiger partial charge on any atom is 0.340 e. The van der Waals surface area contributed by atoms with E-state index in [9.17, 15) is 23.2 Å². The smallest absolute Gasteiger partial charge is 0.340 e. The van der Waals surface area contributed by atoms with Crippen LogP contribution in [0.25, 0.3) is 11.0 Å². The molecule has 172 valence electrons. The number of ether oxygens (including phenoxy) is 1. The fraction of sp³-hybridized carbons (Fsp3) is 0.625. The first kappa shape index (κ1) is 22.9. The van der Waals surface area contributed by atoms with Crippen molar-refractivity contribution in [3.8, 4) is 0 Å². The number of halogens is 1. The number of aliphatic hydroxyl groups excluding tert-OH is 2. The number of rotatable bonds is 7. The molecular formula is C16H22ClN4O8PS. The highest BCUT2D eigenvalue weighted by Crippen LogP contribution is 2.39. The molecule has 1 saturated carbocycles. The van der Waals surface area contributed by atoms with Crippen molar-refractivity contribution in [1.82, 2.24) is 14.5 Å². The van der Waals surface area contributed by atoms with Gasteiger partial charge in [0.15, 0.2) is 21.6 Å². The first-order chi connectivity index (χ1) is 14.4. The van der Waals surface area contributed by atoms with Crippen LogP contribution in [0.4, 0.5) is 5.82 Å². The molecule has 0 amide bonds. The Hall–Kier alpha value is -1.31. The minimum absolute atomic E-state index is 0.0388. The van der Waals surface area contributed by atoms with Crippen molar-refractivity contribution in [3.05, 3.63) is 17.5 Å². The van der Waals surface area contributed by atoms with Gasteiger partial charge in [-0.15, -0.1) is 0 Å². The molecule has 2 aromatic rings. The lowest BCUT2D eigenvalue weighted by Crippen LogP contribution is -2.35. The molecule has 4 atom stereocenters. The van der Waals surface area contributed by atoms with Gasteiger partial charge in [0.05, 0.1) is 11.1 Å². The second-order valence-electron chi connectivity index (χ2n) is 7.82. The number of nitrogens with one attached hydrogen (secondary N) is 1. The minimum atomic E-state index is -4.83. The molecule has 0 spiro atoms. The van der Waals surface area contributed by atoms with Crippen LogP contribution in [0.5, 0.6) is 0 Å². The van der Waals surface area contributed by atoms with Crippen molar-refractivity contribution in [2.75, 3.05) is 16.6 Å². The maximum atomic E-state index is 12.1. The standard InChI is InChI=1S/C16H22ClN4O8PS/c17-16-19-13(18-8-2-1-3-8)9-4-5-21(14(9)20-16)15-12(23)11(22)10(29-15)6-31(27,28)7-30(24,25)26/h4-5,8,10-12,15,22-23H,1-3,6-7H2,(H,18,19,20)(H2,24,25,26)/t10-,11-,12-,15-/m1/s1. The number of hydrogen-bond acceptors (Lipinski definition) is 9. The van der Waals surface area contributed by atoms with Crippen molar-refractivity contribution in [2.45, 2.75) is 49.8 Å². The van der Waals surface area contributed by atoms with Gasteiger partial charge in [-0.2, -0.15) is 4.98 Å². The average molecular weight is 497 g/mol. The van der Waals surface area contributed by atoms with Gasteiger partial charge >= 0.3 is 7.60 Å². The zero-order chi connectivity index (χ0) is 22.6. The molecule has 0 bridgehead atoms. The first-order valence-electron chi connectivity index (χ1n) is 9.51. The topological polar surface area (TPSA) is 184 Å². The summed E-state index contributed by atoms with van der Waals surface area (Å²) >= 11 is 6.06. The highest BCUT2D eigenvalue weighted by molar-refractivity contribution is 7.97. The van der Waals surface area contributed by atoms with Gasteiger partial charge in [-0.25, -0.2) is 13.4 Å². The van der Waals surface area contributed by atoms with E-state index in [4.69, 9.17) is 26.1 Å². The highest BCUT2D eigenvalue weighted by Gasteiger charge is 2.46. The zero-order valence-corrected chi connectivity index (χ0v) is 18.5. The largest absolute Gasteiger partial charge is 0.387 e. The Kier molecular flexibility index (Phi) is 6.07. The fourth-order valence-electron chi connectivity index (χ4n) is 3.72. The summed E-state index contributed by atoms with van der Waals surface area (Å²) in [5.41, 5.74) is -1.06. The molecule has 4 rings (SSSR count). The van der Waals surface area contributed by atoms with Crippen LogP contribution in [0.2, 0.25) is 5.28 Å². The van der Waals surface area contributed by atoms with Crippen LogP contribution in [-0.2, 0) is 19.1 Å². The molecule has 2 aliphatic rings. The molecule has 15 heteroatoms. The Balaban J connectivity index is 1.60. The molecule has 0 unspecified atom stereocenters. The summed E-state index contributed by atoms with van der Waals surface area (Å²) in [4.78, 5) is 26.3. The summed E-state index contributed by atoms with van der Waals surface area (Å²) in [5, 5.41) is 24.7. The number of aromatic nitrogens is 3. The van der Waals surface area contributed by atoms with E-state index < -0.39 is 53.2 Å². The highest BCUT2D eigenvalue weighted by atomic mass is 35.5. The van der Waals surface area contributed by atoms with Crippen LogP contribution in [0.1, 0.15) is 25.5 Å². The van der Waals surface area contributed by atoms with Gasteiger partial charge in [0.1, 0.15) is 29.8 Å². The van der Waals surface area contributed by atoms with E-state index in [1.165, 1.54) is 4.57 Å². The monoisotopic (exact) mass is 496 g/mol. The van der Waals surface area contributed by atoms with Gasteiger partial charge in [0.2, 0.25) is 5.28 Å². The lowest BCUT2D eigenvalue weighted by atomic mass is 9.93. The molecular weight excluding hydrogens is 475 g/mol. The number of hydrogen-bond donors (Lipinski definition) is 5. The number of anilines is 1. The third kappa shape index (κ3) is 4.88. The van der Waals surface area contributed by atoms with Crippen LogP contribution < -0.4 is 5.32 Å². The van der Waals surface area contributed by atoms with Crippen molar-refractivity contribution < 1.29 is 37.7 Å². The molecule has 31 heavy (non-hydrogen) atoms. The van der Waals surface area contributed by atoms with E-state index in [1.54, 1.807) is 12.3 Å². The Labute approximate surface area is 182 Å². The number of aliphatic hydroxyl groups is 2. The summed E-state index contributed by atoms with van der Waals surface area (Å²) in [6, 6.07) is 1.96. The van der Waals surface area contributed by atoms with Gasteiger partial charge in [-0.3, -0.25) is 4.57 Å². The van der Waals surface area contributed by atoms with Gasteiger partial charge in [0.25, 0.3) is 0 Å². The Morgan fingerprint density at radius 1 is 1.26 bits per heavy atom. The molecule has 12 nitrogen and oxygen atoms in total. The molecule has 1 saturated heterocycles. The van der Waals surface area contributed by atoms with Gasteiger partial charge in [-0.05, 0) is 36.9 Å². The van der Waals surface area contributed by atoms with Gasteiger partial charge < -0.3 is 34.6 Å². The second kappa shape index (κ2) is 8.23. The zero-order valence-electron chi connectivity index (χ0n) is 16.1. The lowest BCUT2D eigenvalue weighted by Gasteiger charge is -2.27. The SMILES string of the molecule is O=P(O)(O)CS(=O)(=O)C[C@H]1O[C@@H](n2ccc3c(NC4CCC4)nc(Cl)nc32)[C@H](O)[C@@H]1O. The third-order valence-electron chi connectivity index (χ3n) is 5.39. The van der Waals surface area contributed by atoms with E-state index in [0.29, 0.717) is 16.9 Å². The number of fused-ring (bicyclic) bond motifs is 1. The molecule has 2 fully saturated rings. The van der Waals surface area contributed by atoms with Crippen LogP contribution >= 0.6 is 19.2 Å². The second-order valence-corrected chi connectivity index (χ2v) is 12.3. The molecule has 1 aliphatic heterocycles. The molecule has 0 radical (unpaired) electrons. The Bertz CT molecular complexity index is 1130. The van der Waals surface area contributed by atoms with E-state index in [2.05, 4.69) is 15.3 Å². The van der Waals surface area contributed by atoms with E-state index in [-0.39, 0.29) is 11.3 Å². The lowest BCUT2D eigenvalue weighted by molar-refractivity contribution is -0.0288. The summed E-state index contributed by atoms with van der Waals surface area (Å²) in [6.45, 7) is 0. The summed E-state index contributed by atoms with van der Waals surface area (Å²) in [6.07, 6.45) is -1.01. The van der Waals surface area contributed by atoms with Gasteiger partial charge in [-0.1, -0.05) is 0 Å². The molecule has 5 N–H and O–H groups in total. The summed E-state index contributed by atoms with van der Waals surface area (Å²) in [7, 11) is -9.09. The molecule has 1 aliphatic carbocycles. The Morgan fingerprint density at radius 2 is 1.97 bits per heavy atom. The van der Waals surface area contributed by atoms with Crippen LogP contribution in [-0.4, -0.2) is 78.6 Å². The molecule has 0 aromatic carbocycles. The van der Waals surface area contributed by atoms with Crippen LogP contribution in [0, 0.1) is 0 Å². The average Bonchev–Trinajstić information content (AvgIpc) is 3.11. The minimum Gasteiger partial charge on any atom is -0.387 e. The van der Waals surface area contributed by atoms with Crippen molar-refractivity contribution in [1.29, 1.82) is 0 Å². The fourth-order valence-corrected chi connectivity index (χ4v) is 7.14. The van der Waals surface area contributed by atoms with E-state index in [1.807, 2.05) is 0 Å². The van der Waals surface area contributed by atoms with Gasteiger partial charge in [0, 0.05) is 12.2 Å². The normalized spacial score (nSPS) is 27.5. The van der Waals surface area contributed by atoms with E-state index in [0.717, 1.165) is 19.3 Å². The predicted octanol–water partition coefficient (Wildman–Crippen LogP) is 0.218. The summed E-state index contributed by atoms with van der Waals surface area (Å²) < 4.78 is 42.2. The summed E-state index contributed by atoms with van der Waals surface area (Å²) in [5.74, 6) is -0.344. The molecule has 2 aromatic heterocycles. The van der Waals surface area contributed by atoms with Crippen molar-refractivity contribution in [2.24, 2.45) is 0 Å². The van der Waals surface area contributed by atoms with E-state index >= 15 is 0 Å². The molecule has 3 heterocycles. The van der Waals surface area contributed by atoms with Crippen LogP contribution in [0.3, 0.4) is 0 Å². The van der Waals surface area contributed by atoms with Crippen molar-refractivity contribution in [3.63, 3.8) is 0 Å². The van der Waals surface area contributed by atoms with Crippen molar-refractivity contribution >= 4 is 45.9 Å². The number of nitrogens with zero attached hydrogens (tertiary/aromatic N) is 3. The first-order valence-corrected chi connectivity index (χ1v) is 13.5.